The van der Waals surface area contributed by atoms with Gasteiger partial charge in [-0.2, -0.15) is 17.9 Å². The van der Waals surface area contributed by atoms with Gasteiger partial charge in [-0.05, 0) is 25.0 Å². The molecule has 1 N–H and O–H groups in total. The maximum absolute atomic E-state index is 13.4. The fourth-order valence-corrected chi connectivity index (χ4v) is 5.75. The second-order valence-electron chi connectivity index (χ2n) is 9.16. The summed E-state index contributed by atoms with van der Waals surface area (Å²) in [5.41, 5.74) is -0.267. The molecule has 1 aromatic carbocycles. The summed E-state index contributed by atoms with van der Waals surface area (Å²) < 4.78 is 70.5. The molecule has 202 valence electrons. The molecule has 0 bridgehead atoms. The molecule has 4 rings (SSSR count). The molecule has 1 aromatic heterocycles. The average Bonchev–Trinajstić information content (AvgIpc) is 3.28. The van der Waals surface area contributed by atoms with Crippen molar-refractivity contribution in [2.75, 3.05) is 43.0 Å². The second-order valence-corrected chi connectivity index (χ2v) is 11.5. The number of anilines is 1. The largest absolute Gasteiger partial charge is 0.490 e. The van der Waals surface area contributed by atoms with Crippen LogP contribution < -0.4 is 10.1 Å². The number of aromatic nitrogens is 2. The molecule has 2 aliphatic heterocycles. The lowest BCUT2D eigenvalue weighted by atomic mass is 10.1. The number of carbonyl (C=O) groups is 2. The van der Waals surface area contributed by atoms with Crippen molar-refractivity contribution < 1.29 is 35.9 Å². The van der Waals surface area contributed by atoms with E-state index in [1.807, 2.05) is 4.90 Å². The van der Waals surface area contributed by atoms with Gasteiger partial charge in [-0.25, -0.2) is 13.2 Å². The maximum Gasteiger partial charge on any atom is 0.416 e. The van der Waals surface area contributed by atoms with Gasteiger partial charge in [0.15, 0.2) is 15.7 Å². The number of halogens is 3. The van der Waals surface area contributed by atoms with Gasteiger partial charge in [0.25, 0.3) is 0 Å². The van der Waals surface area contributed by atoms with Crippen LogP contribution in [0.4, 0.5) is 23.8 Å². The SMILES string of the molecule is CC(=O)Nc1ccn(C(=O)N2CCN(Cc3ccc(C(F)(F)F)cc3OC3CCS(=O)(=O)CC3)CC2)n1. The van der Waals surface area contributed by atoms with Crippen LogP contribution in [0.1, 0.15) is 30.9 Å². The third-order valence-electron chi connectivity index (χ3n) is 6.32. The molecule has 10 nitrogen and oxygen atoms in total. The number of nitrogens with zero attached hydrogens (tertiary/aromatic N) is 4. The van der Waals surface area contributed by atoms with E-state index in [0.717, 1.165) is 16.8 Å². The quantitative estimate of drug-likeness (QED) is 0.617. The van der Waals surface area contributed by atoms with Gasteiger partial charge in [-0.1, -0.05) is 6.07 Å². The molecule has 2 saturated heterocycles. The summed E-state index contributed by atoms with van der Waals surface area (Å²) in [6, 6.07) is 4.55. The van der Waals surface area contributed by atoms with Crippen molar-refractivity contribution in [1.82, 2.24) is 19.6 Å². The molecule has 3 heterocycles. The molecule has 2 amide bonds. The van der Waals surface area contributed by atoms with E-state index in [1.165, 1.54) is 25.3 Å². The number of alkyl halides is 3. The van der Waals surface area contributed by atoms with Gasteiger partial charge >= 0.3 is 12.2 Å². The van der Waals surface area contributed by atoms with E-state index < -0.39 is 27.7 Å². The molecule has 0 saturated carbocycles. The Bertz CT molecular complexity index is 1240. The topological polar surface area (TPSA) is 114 Å². The highest BCUT2D eigenvalue weighted by Crippen LogP contribution is 2.35. The zero-order valence-electron chi connectivity index (χ0n) is 20.2. The molecule has 2 fully saturated rings. The number of benzene rings is 1. The summed E-state index contributed by atoms with van der Waals surface area (Å²) in [5.74, 6) is -0.0364. The Morgan fingerprint density at radius 3 is 2.41 bits per heavy atom. The van der Waals surface area contributed by atoms with Gasteiger partial charge in [-0.3, -0.25) is 9.69 Å². The van der Waals surface area contributed by atoms with Crippen molar-refractivity contribution in [1.29, 1.82) is 0 Å². The fourth-order valence-electron chi connectivity index (χ4n) is 4.30. The number of nitrogens with one attached hydrogen (secondary N) is 1. The van der Waals surface area contributed by atoms with E-state index in [4.69, 9.17) is 4.74 Å². The van der Waals surface area contributed by atoms with Gasteiger partial charge in [0.1, 0.15) is 11.9 Å². The number of rotatable bonds is 5. The van der Waals surface area contributed by atoms with Crippen molar-refractivity contribution in [2.24, 2.45) is 0 Å². The molecular weight excluding hydrogens is 515 g/mol. The summed E-state index contributed by atoms with van der Waals surface area (Å²) in [4.78, 5) is 27.5. The third-order valence-corrected chi connectivity index (χ3v) is 8.03. The first kappa shape index (κ1) is 26.9. The average molecular weight is 544 g/mol. The number of piperazine rings is 1. The number of ether oxygens (including phenoxy) is 1. The number of carbonyl (C=O) groups excluding carboxylic acids is 2. The highest BCUT2D eigenvalue weighted by molar-refractivity contribution is 7.91. The van der Waals surface area contributed by atoms with Gasteiger partial charge < -0.3 is 15.0 Å². The Morgan fingerprint density at radius 2 is 1.78 bits per heavy atom. The number of amides is 2. The lowest BCUT2D eigenvalue weighted by molar-refractivity contribution is -0.137. The van der Waals surface area contributed by atoms with E-state index in [0.29, 0.717) is 38.3 Å². The fraction of sp³-hybridized carbons (Fsp3) is 0.522. The van der Waals surface area contributed by atoms with Crippen LogP contribution in [-0.2, 0) is 27.4 Å². The number of hydrogen-bond acceptors (Lipinski definition) is 7. The second kappa shape index (κ2) is 10.7. The first-order valence-electron chi connectivity index (χ1n) is 11.8. The van der Waals surface area contributed by atoms with Crippen molar-refractivity contribution >= 4 is 27.6 Å². The van der Waals surface area contributed by atoms with Gasteiger partial charge in [0.05, 0.1) is 17.1 Å². The number of sulfone groups is 1. The zero-order valence-corrected chi connectivity index (χ0v) is 21.0. The molecule has 37 heavy (non-hydrogen) atoms. The first-order chi connectivity index (χ1) is 17.4. The van der Waals surface area contributed by atoms with Crippen molar-refractivity contribution in [3.8, 4) is 5.75 Å². The van der Waals surface area contributed by atoms with Crippen molar-refractivity contribution in [3.05, 3.63) is 41.6 Å². The molecule has 0 radical (unpaired) electrons. The summed E-state index contributed by atoms with van der Waals surface area (Å²) in [6.07, 6.45) is -3.09. The molecule has 2 aliphatic rings. The predicted molar refractivity (Wildman–Crippen MR) is 128 cm³/mol. The molecule has 14 heteroatoms. The smallest absolute Gasteiger partial charge is 0.416 e. The standard InChI is InChI=1S/C23H28F3N5O5S/c1-16(32)27-21-4-7-31(28-21)22(33)30-10-8-29(9-11-30)15-17-2-3-18(23(24,25)26)14-20(17)36-19-5-12-37(34,35)13-6-19/h2-4,7,14,19H,5-6,8-13,15H2,1H3,(H,27,28,32). The van der Waals surface area contributed by atoms with Crippen LogP contribution in [0, 0.1) is 0 Å². The molecule has 2 aromatic rings. The van der Waals surface area contributed by atoms with Gasteiger partial charge in [0.2, 0.25) is 5.91 Å². The Kier molecular flexibility index (Phi) is 7.78. The first-order valence-corrected chi connectivity index (χ1v) is 13.6. The molecule has 0 atom stereocenters. The van der Waals surface area contributed by atoms with E-state index in [-0.39, 0.29) is 47.9 Å². The van der Waals surface area contributed by atoms with Crippen LogP contribution >= 0.6 is 0 Å². The van der Waals surface area contributed by atoms with Crippen LogP contribution in [0.2, 0.25) is 0 Å². The van der Waals surface area contributed by atoms with Crippen molar-refractivity contribution in [2.45, 2.75) is 38.6 Å². The van der Waals surface area contributed by atoms with Crippen molar-refractivity contribution in [3.63, 3.8) is 0 Å². The minimum absolute atomic E-state index is 0.0511. The lowest BCUT2D eigenvalue weighted by Crippen LogP contribution is -2.49. The summed E-state index contributed by atoms with van der Waals surface area (Å²) in [7, 11) is -3.13. The van der Waals surface area contributed by atoms with Gasteiger partial charge in [0, 0.05) is 57.5 Å². The van der Waals surface area contributed by atoms with Crippen LogP contribution in [-0.4, -0.2) is 83.7 Å². The summed E-state index contributed by atoms with van der Waals surface area (Å²) >= 11 is 0. The minimum atomic E-state index is -4.54. The Labute approximate surface area is 212 Å². The lowest BCUT2D eigenvalue weighted by Gasteiger charge is -2.35. The highest BCUT2D eigenvalue weighted by atomic mass is 32.2. The Balaban J connectivity index is 1.40. The van der Waals surface area contributed by atoms with E-state index in [9.17, 15) is 31.2 Å². The van der Waals surface area contributed by atoms with Gasteiger partial charge in [-0.15, -0.1) is 5.10 Å². The van der Waals surface area contributed by atoms with Crippen LogP contribution in [0.15, 0.2) is 30.5 Å². The number of hydrogen-bond donors (Lipinski definition) is 1. The maximum atomic E-state index is 13.4. The van der Waals surface area contributed by atoms with Crippen LogP contribution in [0.5, 0.6) is 5.75 Å². The van der Waals surface area contributed by atoms with Crippen LogP contribution in [0.25, 0.3) is 0 Å². The third kappa shape index (κ3) is 7.01. The zero-order chi connectivity index (χ0) is 26.8. The molecule has 0 unspecified atom stereocenters. The van der Waals surface area contributed by atoms with Crippen LogP contribution in [0.3, 0.4) is 0 Å². The van der Waals surface area contributed by atoms with E-state index in [1.54, 1.807) is 4.90 Å². The summed E-state index contributed by atoms with van der Waals surface area (Å²) in [5, 5.41) is 6.56. The Morgan fingerprint density at radius 1 is 1.11 bits per heavy atom. The monoisotopic (exact) mass is 543 g/mol. The molecular formula is C23H28F3N5O5S. The van der Waals surface area contributed by atoms with E-state index >= 15 is 0 Å². The normalized spacial score (nSPS) is 19.0. The van der Waals surface area contributed by atoms with E-state index in [2.05, 4.69) is 10.4 Å². The highest BCUT2D eigenvalue weighted by Gasteiger charge is 2.33. The molecule has 0 aliphatic carbocycles. The molecule has 0 spiro atoms. The minimum Gasteiger partial charge on any atom is -0.490 e. The Hall–Kier alpha value is -3.13. The predicted octanol–water partition coefficient (Wildman–Crippen LogP) is 2.60. The summed E-state index contributed by atoms with van der Waals surface area (Å²) in [6.45, 7) is 3.38.